The first-order chi connectivity index (χ1) is 16.8. The first-order valence-electron chi connectivity index (χ1n) is 11.1. The lowest BCUT2D eigenvalue weighted by molar-refractivity contribution is -0.119. The molecule has 35 heavy (non-hydrogen) atoms. The lowest BCUT2D eigenvalue weighted by atomic mass is 10.2. The summed E-state index contributed by atoms with van der Waals surface area (Å²) in [6.45, 7) is 2.13. The van der Waals surface area contributed by atoms with Gasteiger partial charge in [0.25, 0.3) is 10.0 Å². The number of anilines is 1. The van der Waals surface area contributed by atoms with Crippen LogP contribution in [0, 0.1) is 6.92 Å². The number of aryl methyl sites for hydroxylation is 1. The third-order valence-corrected chi connectivity index (χ3v) is 9.12. The Hall–Kier alpha value is -2.13. The summed E-state index contributed by atoms with van der Waals surface area (Å²) in [6, 6.07) is 21.6. The van der Waals surface area contributed by atoms with Crippen LogP contribution < -0.4 is 9.62 Å². The predicted molar refractivity (Wildman–Crippen MR) is 149 cm³/mol. The zero-order chi connectivity index (χ0) is 25.3. The Bertz CT molecular complexity index is 1200. The SMILES string of the molecule is CSc1ccc(S(=O)(=O)N(CC(=O)NCCCSCc2ccc(Cl)cc2)c2ccc(C)cc2)cc1. The molecule has 0 saturated carbocycles. The topological polar surface area (TPSA) is 66.5 Å². The summed E-state index contributed by atoms with van der Waals surface area (Å²) in [4.78, 5) is 13.8. The average Bonchev–Trinajstić information content (AvgIpc) is 2.86. The molecule has 9 heteroatoms. The number of carbonyl (C=O) groups excluding carboxylic acids is 1. The second-order valence-electron chi connectivity index (χ2n) is 7.91. The minimum absolute atomic E-state index is 0.155. The molecule has 0 aliphatic rings. The van der Waals surface area contributed by atoms with Crippen molar-refractivity contribution in [3.63, 3.8) is 0 Å². The highest BCUT2D eigenvalue weighted by atomic mass is 35.5. The van der Waals surface area contributed by atoms with Gasteiger partial charge in [0.1, 0.15) is 6.54 Å². The third kappa shape index (κ3) is 8.20. The molecule has 3 rings (SSSR count). The van der Waals surface area contributed by atoms with Gasteiger partial charge >= 0.3 is 0 Å². The number of nitrogens with zero attached hydrogens (tertiary/aromatic N) is 1. The number of thioether (sulfide) groups is 2. The van der Waals surface area contributed by atoms with Crippen molar-refractivity contribution in [1.82, 2.24) is 5.32 Å². The van der Waals surface area contributed by atoms with Crippen LogP contribution in [0.2, 0.25) is 5.02 Å². The maximum Gasteiger partial charge on any atom is 0.264 e. The second kappa shape index (κ2) is 13.3. The van der Waals surface area contributed by atoms with Gasteiger partial charge in [-0.3, -0.25) is 9.10 Å². The third-order valence-electron chi connectivity index (χ3n) is 5.23. The van der Waals surface area contributed by atoms with Gasteiger partial charge in [-0.2, -0.15) is 11.8 Å². The van der Waals surface area contributed by atoms with E-state index in [1.807, 2.05) is 49.6 Å². The standard InChI is InChI=1S/C26H29ClN2O3S3/c1-20-4-10-23(11-5-20)29(35(31,32)25-14-12-24(33-2)13-15-25)18-26(30)28-16-3-17-34-19-21-6-8-22(27)9-7-21/h4-15H,3,16-19H2,1-2H3,(H,28,30). The molecule has 3 aromatic carbocycles. The summed E-state index contributed by atoms with van der Waals surface area (Å²) in [5.41, 5.74) is 2.67. The molecule has 0 saturated heterocycles. The summed E-state index contributed by atoms with van der Waals surface area (Å²) < 4.78 is 28.1. The fourth-order valence-electron chi connectivity index (χ4n) is 3.26. The van der Waals surface area contributed by atoms with E-state index in [9.17, 15) is 13.2 Å². The molecule has 0 aromatic heterocycles. The number of hydrogen-bond acceptors (Lipinski definition) is 5. The number of nitrogens with one attached hydrogen (secondary N) is 1. The maximum atomic E-state index is 13.5. The van der Waals surface area contributed by atoms with Gasteiger partial charge in [0.2, 0.25) is 5.91 Å². The van der Waals surface area contributed by atoms with Crippen LogP contribution in [-0.2, 0) is 20.6 Å². The Kier molecular flexibility index (Phi) is 10.4. The van der Waals surface area contributed by atoms with Crippen LogP contribution in [0.4, 0.5) is 5.69 Å². The fourth-order valence-corrected chi connectivity index (χ4v) is 6.14. The molecule has 186 valence electrons. The van der Waals surface area contributed by atoms with Crippen molar-refractivity contribution in [2.75, 3.05) is 29.4 Å². The Morgan fingerprint density at radius 3 is 2.26 bits per heavy atom. The minimum Gasteiger partial charge on any atom is -0.354 e. The molecular formula is C26H29ClN2O3S3. The Labute approximate surface area is 221 Å². The highest BCUT2D eigenvalue weighted by Gasteiger charge is 2.27. The van der Waals surface area contributed by atoms with E-state index in [0.29, 0.717) is 12.2 Å². The Morgan fingerprint density at radius 2 is 1.63 bits per heavy atom. The molecule has 1 N–H and O–H groups in total. The van der Waals surface area contributed by atoms with E-state index in [0.717, 1.165) is 33.4 Å². The smallest absolute Gasteiger partial charge is 0.264 e. The first-order valence-corrected chi connectivity index (χ1v) is 15.3. The van der Waals surface area contributed by atoms with Crippen LogP contribution in [-0.4, -0.2) is 39.4 Å². The number of sulfonamides is 1. The van der Waals surface area contributed by atoms with Crippen LogP contribution in [0.3, 0.4) is 0 Å². The van der Waals surface area contributed by atoms with Crippen LogP contribution in [0.1, 0.15) is 17.5 Å². The van der Waals surface area contributed by atoms with E-state index >= 15 is 0 Å². The Balaban J connectivity index is 1.59. The van der Waals surface area contributed by atoms with Gasteiger partial charge in [0.05, 0.1) is 10.6 Å². The molecule has 0 unspecified atom stereocenters. The van der Waals surface area contributed by atoms with Gasteiger partial charge in [-0.1, -0.05) is 41.4 Å². The molecule has 0 radical (unpaired) electrons. The summed E-state index contributed by atoms with van der Waals surface area (Å²) in [5, 5.41) is 3.59. The fraction of sp³-hybridized carbons (Fsp3) is 0.269. The summed E-state index contributed by atoms with van der Waals surface area (Å²) in [6.07, 6.45) is 2.72. The zero-order valence-electron chi connectivity index (χ0n) is 19.7. The summed E-state index contributed by atoms with van der Waals surface area (Å²) >= 11 is 9.23. The van der Waals surface area contributed by atoms with Crippen molar-refractivity contribution >= 4 is 56.7 Å². The zero-order valence-corrected chi connectivity index (χ0v) is 22.9. The summed E-state index contributed by atoms with van der Waals surface area (Å²) in [5.74, 6) is 1.42. The second-order valence-corrected chi connectivity index (χ2v) is 12.2. The molecule has 3 aromatic rings. The molecule has 0 aliphatic carbocycles. The van der Waals surface area contributed by atoms with E-state index in [4.69, 9.17) is 11.6 Å². The molecule has 0 fully saturated rings. The molecule has 0 bridgehead atoms. The molecule has 0 heterocycles. The van der Waals surface area contributed by atoms with Crippen LogP contribution in [0.15, 0.2) is 82.6 Å². The lowest BCUT2D eigenvalue weighted by Crippen LogP contribution is -2.41. The van der Waals surface area contributed by atoms with Gasteiger partial charge in [-0.25, -0.2) is 8.42 Å². The minimum atomic E-state index is -3.91. The first kappa shape index (κ1) is 27.5. The van der Waals surface area contributed by atoms with Crippen molar-refractivity contribution in [3.8, 4) is 0 Å². The number of carbonyl (C=O) groups is 1. The van der Waals surface area contributed by atoms with E-state index in [1.165, 1.54) is 21.6 Å². The number of amides is 1. The van der Waals surface area contributed by atoms with Crippen LogP contribution in [0.5, 0.6) is 0 Å². The molecular weight excluding hydrogens is 520 g/mol. The normalized spacial score (nSPS) is 11.3. The van der Waals surface area contributed by atoms with E-state index < -0.39 is 10.0 Å². The van der Waals surface area contributed by atoms with Crippen LogP contribution in [0.25, 0.3) is 0 Å². The number of halogens is 1. The molecule has 0 aliphatic heterocycles. The Morgan fingerprint density at radius 1 is 0.971 bits per heavy atom. The van der Waals surface area contributed by atoms with Gasteiger partial charge < -0.3 is 5.32 Å². The number of benzene rings is 3. The number of hydrogen-bond donors (Lipinski definition) is 1. The molecule has 0 atom stereocenters. The average molecular weight is 549 g/mol. The predicted octanol–water partition coefficient (Wildman–Crippen LogP) is 6.01. The number of rotatable bonds is 12. The van der Waals surface area contributed by atoms with Crippen molar-refractivity contribution < 1.29 is 13.2 Å². The largest absolute Gasteiger partial charge is 0.354 e. The van der Waals surface area contributed by atoms with Crippen LogP contribution >= 0.6 is 35.1 Å². The quantitative estimate of drug-likeness (QED) is 0.222. The highest BCUT2D eigenvalue weighted by molar-refractivity contribution is 7.98. The van der Waals surface area contributed by atoms with E-state index in [1.54, 1.807) is 48.2 Å². The molecule has 0 spiro atoms. The van der Waals surface area contributed by atoms with Crippen molar-refractivity contribution in [2.45, 2.75) is 28.9 Å². The molecule has 1 amide bonds. The van der Waals surface area contributed by atoms with Crippen molar-refractivity contribution in [3.05, 3.63) is 88.9 Å². The monoisotopic (exact) mass is 548 g/mol. The van der Waals surface area contributed by atoms with Gasteiger partial charge in [-0.05, 0) is 79.4 Å². The molecule has 5 nitrogen and oxygen atoms in total. The lowest BCUT2D eigenvalue weighted by Gasteiger charge is -2.24. The van der Waals surface area contributed by atoms with Crippen molar-refractivity contribution in [2.24, 2.45) is 0 Å². The van der Waals surface area contributed by atoms with Crippen molar-refractivity contribution in [1.29, 1.82) is 0 Å². The van der Waals surface area contributed by atoms with Gasteiger partial charge in [0.15, 0.2) is 0 Å². The maximum absolute atomic E-state index is 13.5. The highest BCUT2D eigenvalue weighted by Crippen LogP contribution is 2.25. The van der Waals surface area contributed by atoms with Gasteiger partial charge in [0, 0.05) is 22.2 Å². The van der Waals surface area contributed by atoms with E-state index in [-0.39, 0.29) is 17.3 Å². The summed E-state index contributed by atoms with van der Waals surface area (Å²) in [7, 11) is -3.91. The van der Waals surface area contributed by atoms with Gasteiger partial charge in [-0.15, -0.1) is 11.8 Å². The van der Waals surface area contributed by atoms with E-state index in [2.05, 4.69) is 5.32 Å².